The number of hydrogen-bond donors (Lipinski definition) is 1. The normalized spacial score (nSPS) is 10.4. The highest BCUT2D eigenvalue weighted by molar-refractivity contribution is 7.71. The van der Waals surface area contributed by atoms with Gasteiger partial charge in [-0.1, -0.05) is 18.2 Å². The Morgan fingerprint density at radius 3 is 2.78 bits per heavy atom. The summed E-state index contributed by atoms with van der Waals surface area (Å²) in [6.07, 6.45) is 0.258. The first kappa shape index (κ1) is 15.0. The van der Waals surface area contributed by atoms with Crippen LogP contribution >= 0.6 is 12.2 Å². The molecule has 1 N–H and O–H groups in total. The van der Waals surface area contributed by atoms with E-state index in [1.165, 1.54) is 0 Å². The van der Waals surface area contributed by atoms with Crippen LogP contribution in [0.2, 0.25) is 0 Å². The molecular weight excluding hydrogens is 310 g/mol. The molecule has 0 saturated heterocycles. The van der Waals surface area contributed by atoms with Gasteiger partial charge in [-0.25, -0.2) is 0 Å². The van der Waals surface area contributed by atoms with Gasteiger partial charge >= 0.3 is 0 Å². The number of oxazole rings is 1. The molecule has 0 aliphatic heterocycles. The predicted octanol–water partition coefficient (Wildman–Crippen LogP) is 4.05. The molecule has 1 aromatic heterocycles. The van der Waals surface area contributed by atoms with Crippen molar-refractivity contribution >= 4 is 34.9 Å². The van der Waals surface area contributed by atoms with Crippen LogP contribution in [0, 0.1) is 16.2 Å². The third kappa shape index (κ3) is 3.15. The maximum Gasteiger partial charge on any atom is 0.266 e. The number of carbonyl (C=O) groups is 1. The molecular formula is C17H13N3O2S. The number of H-pyrrole nitrogens is 1. The van der Waals surface area contributed by atoms with E-state index in [4.69, 9.17) is 21.9 Å². The molecule has 0 spiro atoms. The first-order valence-corrected chi connectivity index (χ1v) is 7.46. The summed E-state index contributed by atoms with van der Waals surface area (Å²) in [5.74, 6) is -0.185. The lowest BCUT2D eigenvalue weighted by Gasteiger charge is -2.21. The minimum absolute atomic E-state index is 0.185. The average molecular weight is 323 g/mol. The van der Waals surface area contributed by atoms with Gasteiger partial charge in [-0.3, -0.25) is 4.79 Å². The van der Waals surface area contributed by atoms with Gasteiger partial charge in [0.2, 0.25) is 0 Å². The summed E-state index contributed by atoms with van der Waals surface area (Å²) in [5, 5.41) is 8.84. The lowest BCUT2D eigenvalue weighted by atomic mass is 10.1. The Hall–Kier alpha value is -2.91. The Morgan fingerprint density at radius 2 is 2.04 bits per heavy atom. The molecule has 1 heterocycles. The van der Waals surface area contributed by atoms with Gasteiger partial charge in [0.15, 0.2) is 5.58 Å². The number of carbonyl (C=O) groups excluding carboxylic acids is 1. The third-order valence-corrected chi connectivity index (χ3v) is 3.61. The van der Waals surface area contributed by atoms with E-state index in [1.54, 1.807) is 23.1 Å². The summed E-state index contributed by atoms with van der Waals surface area (Å²) >= 11 is 4.95. The quantitative estimate of drug-likeness (QED) is 0.735. The maximum absolute atomic E-state index is 12.8. The lowest BCUT2D eigenvalue weighted by molar-refractivity contribution is 0.0987. The molecule has 114 valence electrons. The highest BCUT2D eigenvalue weighted by Crippen LogP contribution is 2.20. The van der Waals surface area contributed by atoms with E-state index in [1.807, 2.05) is 30.3 Å². The first-order chi connectivity index (χ1) is 11.2. The summed E-state index contributed by atoms with van der Waals surface area (Å²) in [4.78, 5) is 17.6. The number of aromatic nitrogens is 1. The fourth-order valence-corrected chi connectivity index (χ4v) is 2.55. The zero-order valence-electron chi connectivity index (χ0n) is 12.2. The number of benzene rings is 2. The van der Waals surface area contributed by atoms with Gasteiger partial charge in [0.25, 0.3) is 10.7 Å². The minimum Gasteiger partial charge on any atom is -0.429 e. The largest absolute Gasteiger partial charge is 0.429 e. The monoisotopic (exact) mass is 323 g/mol. The zero-order chi connectivity index (χ0) is 16.2. The van der Waals surface area contributed by atoms with Crippen LogP contribution in [0.4, 0.5) is 5.69 Å². The van der Waals surface area contributed by atoms with Gasteiger partial charge in [-0.05, 0) is 42.5 Å². The number of anilines is 1. The van der Waals surface area contributed by atoms with E-state index in [-0.39, 0.29) is 17.2 Å². The van der Waals surface area contributed by atoms with Crippen LogP contribution in [-0.4, -0.2) is 17.4 Å². The Bertz CT molecular complexity index is 938. The number of rotatable bonds is 4. The fraction of sp³-hybridized carbons (Fsp3) is 0.118. The van der Waals surface area contributed by atoms with E-state index in [0.717, 1.165) is 11.2 Å². The SMILES string of the molecule is N#CCCN(C(=O)c1ccc2[nH]c(=S)oc2c1)c1ccccc1. The maximum atomic E-state index is 12.8. The molecule has 0 saturated carbocycles. The van der Waals surface area contributed by atoms with E-state index in [9.17, 15) is 4.79 Å². The van der Waals surface area contributed by atoms with Crippen molar-refractivity contribution < 1.29 is 9.21 Å². The molecule has 23 heavy (non-hydrogen) atoms. The number of nitrogens with one attached hydrogen (secondary N) is 1. The van der Waals surface area contributed by atoms with Gasteiger partial charge in [0.1, 0.15) is 0 Å². The van der Waals surface area contributed by atoms with Crippen molar-refractivity contribution in [3.05, 3.63) is 58.9 Å². The number of nitrogens with zero attached hydrogens (tertiary/aromatic N) is 2. The van der Waals surface area contributed by atoms with Crippen molar-refractivity contribution in [2.45, 2.75) is 6.42 Å². The second kappa shape index (κ2) is 6.46. The summed E-state index contributed by atoms with van der Waals surface area (Å²) in [7, 11) is 0. The molecule has 0 bridgehead atoms. The molecule has 2 aromatic carbocycles. The Kier molecular flexibility index (Phi) is 4.22. The van der Waals surface area contributed by atoms with Crippen LogP contribution in [0.15, 0.2) is 52.9 Å². The minimum atomic E-state index is -0.185. The fourth-order valence-electron chi connectivity index (χ4n) is 2.35. The Morgan fingerprint density at radius 1 is 1.26 bits per heavy atom. The Balaban J connectivity index is 1.98. The van der Waals surface area contributed by atoms with Gasteiger partial charge in [-0.2, -0.15) is 5.26 Å². The molecule has 0 unspecified atom stereocenters. The van der Waals surface area contributed by atoms with Crippen LogP contribution in [0.1, 0.15) is 16.8 Å². The van der Waals surface area contributed by atoms with Crippen molar-refractivity contribution in [1.29, 1.82) is 5.26 Å². The highest BCUT2D eigenvalue weighted by Gasteiger charge is 2.18. The van der Waals surface area contributed by atoms with Crippen molar-refractivity contribution in [3.63, 3.8) is 0 Å². The smallest absolute Gasteiger partial charge is 0.266 e. The molecule has 6 heteroatoms. The Labute approximate surface area is 137 Å². The van der Waals surface area contributed by atoms with Crippen LogP contribution in [-0.2, 0) is 0 Å². The van der Waals surface area contributed by atoms with Crippen molar-refractivity contribution in [2.24, 2.45) is 0 Å². The standard InChI is InChI=1S/C17H13N3O2S/c18-9-4-10-20(13-5-2-1-3-6-13)16(21)12-7-8-14-15(11-12)22-17(23)19-14/h1-3,5-8,11H,4,10H2,(H,19,23). The number of para-hydroxylation sites is 1. The van der Waals surface area contributed by atoms with E-state index >= 15 is 0 Å². The first-order valence-electron chi connectivity index (χ1n) is 7.06. The van der Waals surface area contributed by atoms with E-state index in [2.05, 4.69) is 11.1 Å². The molecule has 0 atom stereocenters. The van der Waals surface area contributed by atoms with Crippen molar-refractivity contribution in [2.75, 3.05) is 11.4 Å². The summed E-state index contributed by atoms with van der Waals surface area (Å²) in [6.45, 7) is 0.327. The van der Waals surface area contributed by atoms with Crippen molar-refractivity contribution in [1.82, 2.24) is 4.98 Å². The van der Waals surface area contributed by atoms with Gasteiger partial charge < -0.3 is 14.3 Å². The molecule has 5 nitrogen and oxygen atoms in total. The molecule has 1 amide bonds. The number of fused-ring (bicyclic) bond motifs is 1. The van der Waals surface area contributed by atoms with Gasteiger partial charge in [0, 0.05) is 17.8 Å². The second-order valence-corrected chi connectivity index (χ2v) is 5.30. The molecule has 0 fully saturated rings. The average Bonchev–Trinajstić information content (AvgIpc) is 2.95. The highest BCUT2D eigenvalue weighted by atomic mass is 32.1. The number of nitriles is 1. The molecule has 0 aliphatic carbocycles. The number of hydrogen-bond acceptors (Lipinski definition) is 4. The summed E-state index contributed by atoms with van der Waals surface area (Å²) in [5.41, 5.74) is 2.52. The molecule has 0 aliphatic rings. The number of amides is 1. The summed E-state index contributed by atoms with van der Waals surface area (Å²) in [6, 6.07) is 16.5. The molecule has 3 aromatic rings. The van der Waals surface area contributed by atoms with Gasteiger partial charge in [0.05, 0.1) is 18.0 Å². The van der Waals surface area contributed by atoms with Crippen molar-refractivity contribution in [3.8, 4) is 6.07 Å². The third-order valence-electron chi connectivity index (χ3n) is 3.43. The predicted molar refractivity (Wildman–Crippen MR) is 89.7 cm³/mol. The lowest BCUT2D eigenvalue weighted by Crippen LogP contribution is -2.31. The molecule has 3 rings (SSSR count). The van der Waals surface area contributed by atoms with Crippen LogP contribution < -0.4 is 4.90 Å². The summed E-state index contributed by atoms with van der Waals surface area (Å²) < 4.78 is 5.36. The van der Waals surface area contributed by atoms with Gasteiger partial charge in [-0.15, -0.1) is 0 Å². The van der Waals surface area contributed by atoms with Crippen LogP contribution in [0.3, 0.4) is 0 Å². The number of aromatic amines is 1. The molecule has 0 radical (unpaired) electrons. The van der Waals surface area contributed by atoms with E-state index in [0.29, 0.717) is 17.7 Å². The van der Waals surface area contributed by atoms with Crippen LogP contribution in [0.25, 0.3) is 11.1 Å². The van der Waals surface area contributed by atoms with Crippen LogP contribution in [0.5, 0.6) is 0 Å². The van der Waals surface area contributed by atoms with E-state index < -0.39 is 0 Å². The second-order valence-electron chi connectivity index (χ2n) is 4.93. The topological polar surface area (TPSA) is 73.0 Å². The zero-order valence-corrected chi connectivity index (χ0v) is 13.0.